The summed E-state index contributed by atoms with van der Waals surface area (Å²) in [5.41, 5.74) is 0. The van der Waals surface area contributed by atoms with Crippen molar-refractivity contribution < 1.29 is 4.79 Å². The molecule has 3 nitrogen and oxygen atoms in total. The van der Waals surface area contributed by atoms with Crippen molar-refractivity contribution in [3.05, 3.63) is 0 Å². The minimum atomic E-state index is 0.204. The topological polar surface area (TPSA) is 52.9 Å². The molecule has 1 saturated heterocycles. The highest BCUT2D eigenvalue weighted by Crippen LogP contribution is 1.93. The Bertz CT molecular complexity index is 121. The average molecular weight is 144 g/mol. The van der Waals surface area contributed by atoms with Gasteiger partial charge in [0.05, 0.1) is 0 Å². The van der Waals surface area contributed by atoms with E-state index in [2.05, 4.69) is 17.9 Å². The molecule has 1 rings (SSSR count). The average Bonchev–Trinajstić information content (AvgIpc) is 2.20. The van der Waals surface area contributed by atoms with Gasteiger partial charge in [0, 0.05) is 13.0 Å². The Kier molecular flexibility index (Phi) is 5.03. The number of hydrogen-bond donors (Lipinski definition) is 2. The van der Waals surface area contributed by atoms with Gasteiger partial charge < -0.3 is 5.32 Å². The zero-order valence-electron chi connectivity index (χ0n) is 4.92. The number of nitrogens with one attached hydrogen (secondary N) is 1. The van der Waals surface area contributed by atoms with E-state index >= 15 is 0 Å². The van der Waals surface area contributed by atoms with Crippen molar-refractivity contribution in [3.63, 3.8) is 0 Å². The van der Waals surface area contributed by atoms with E-state index in [9.17, 15) is 4.79 Å². The standard InChI is InChI=1S/C4H7NO.CHNS/c6-4-2-1-3-5-4;2-1-3/h1-3H2,(H,5,6);3H. The van der Waals surface area contributed by atoms with Gasteiger partial charge in [-0.1, -0.05) is 12.6 Å². The number of nitrogens with zero attached hydrogens (tertiary/aromatic N) is 1. The third kappa shape index (κ3) is 5.18. The molecule has 1 N–H and O–H groups in total. The quantitative estimate of drug-likeness (QED) is 0.379. The van der Waals surface area contributed by atoms with E-state index in [0.29, 0.717) is 0 Å². The number of hydrogen-bond acceptors (Lipinski definition) is 3. The van der Waals surface area contributed by atoms with Gasteiger partial charge in [0.1, 0.15) is 5.40 Å². The summed E-state index contributed by atoms with van der Waals surface area (Å²) in [6, 6.07) is 0. The van der Waals surface area contributed by atoms with Crippen molar-refractivity contribution in [2.24, 2.45) is 0 Å². The number of carbonyl (C=O) groups excluding carboxylic acids is 1. The van der Waals surface area contributed by atoms with Gasteiger partial charge in [-0.2, -0.15) is 5.26 Å². The van der Waals surface area contributed by atoms with Crippen LogP contribution in [0.4, 0.5) is 0 Å². The summed E-state index contributed by atoms with van der Waals surface area (Å²) < 4.78 is 0. The lowest BCUT2D eigenvalue weighted by molar-refractivity contribution is -0.119. The molecule has 0 aliphatic carbocycles. The number of carbonyl (C=O) groups is 1. The molecular weight excluding hydrogens is 136 g/mol. The van der Waals surface area contributed by atoms with E-state index in [4.69, 9.17) is 5.26 Å². The molecule has 9 heavy (non-hydrogen) atoms. The van der Waals surface area contributed by atoms with Gasteiger partial charge in [0.25, 0.3) is 0 Å². The van der Waals surface area contributed by atoms with E-state index < -0.39 is 0 Å². The lowest BCUT2D eigenvalue weighted by Crippen LogP contribution is -2.12. The molecule has 0 atom stereocenters. The van der Waals surface area contributed by atoms with Crippen molar-refractivity contribution in [1.29, 1.82) is 5.26 Å². The van der Waals surface area contributed by atoms with E-state index in [0.717, 1.165) is 19.4 Å². The zero-order chi connectivity index (χ0) is 7.11. The summed E-state index contributed by atoms with van der Waals surface area (Å²) in [6.07, 6.45) is 1.76. The van der Waals surface area contributed by atoms with Gasteiger partial charge in [-0.3, -0.25) is 4.79 Å². The van der Waals surface area contributed by atoms with Crippen LogP contribution in [0.2, 0.25) is 0 Å². The van der Waals surface area contributed by atoms with Crippen LogP contribution in [0.25, 0.3) is 0 Å². The smallest absolute Gasteiger partial charge is 0.220 e. The fourth-order valence-electron chi connectivity index (χ4n) is 0.565. The lowest BCUT2D eigenvalue weighted by atomic mass is 10.4. The molecule has 0 bridgehead atoms. The fraction of sp³-hybridized carbons (Fsp3) is 0.600. The van der Waals surface area contributed by atoms with Gasteiger partial charge in [-0.05, 0) is 6.42 Å². The Morgan fingerprint density at radius 2 is 2.33 bits per heavy atom. The zero-order valence-corrected chi connectivity index (χ0v) is 5.82. The molecule has 1 fully saturated rings. The molecule has 0 radical (unpaired) electrons. The Labute approximate surface area is 59.5 Å². The summed E-state index contributed by atoms with van der Waals surface area (Å²) in [5, 5.41) is 11.3. The van der Waals surface area contributed by atoms with Gasteiger partial charge in [-0.25, -0.2) is 0 Å². The second-order valence-corrected chi connectivity index (χ2v) is 1.75. The van der Waals surface area contributed by atoms with Crippen molar-refractivity contribution in [2.45, 2.75) is 12.8 Å². The van der Waals surface area contributed by atoms with Gasteiger partial charge in [0.15, 0.2) is 0 Å². The molecule has 1 amide bonds. The number of thiocyanates is 1. The molecule has 0 saturated carbocycles. The highest BCUT2D eigenvalue weighted by Gasteiger charge is 2.05. The molecule has 50 valence electrons. The van der Waals surface area contributed by atoms with Crippen molar-refractivity contribution in [3.8, 4) is 5.40 Å². The van der Waals surface area contributed by atoms with Crippen LogP contribution in [0.15, 0.2) is 0 Å². The summed E-state index contributed by atoms with van der Waals surface area (Å²) in [5.74, 6) is 0.204. The minimum Gasteiger partial charge on any atom is -0.356 e. The summed E-state index contributed by atoms with van der Waals surface area (Å²) >= 11 is 3.09. The number of thiol groups is 1. The van der Waals surface area contributed by atoms with Crippen LogP contribution in [-0.2, 0) is 4.79 Å². The van der Waals surface area contributed by atoms with Crippen molar-refractivity contribution in [1.82, 2.24) is 5.32 Å². The first-order chi connectivity index (χ1) is 4.31. The van der Waals surface area contributed by atoms with Crippen LogP contribution in [-0.4, -0.2) is 12.5 Å². The van der Waals surface area contributed by atoms with Crippen molar-refractivity contribution >= 4 is 18.5 Å². The Morgan fingerprint density at radius 1 is 1.78 bits per heavy atom. The second-order valence-electron chi connectivity index (χ2n) is 1.55. The Hall–Kier alpha value is -0.690. The SMILES string of the molecule is N#CS.O=C1CCCN1. The Balaban J connectivity index is 0.000000187. The highest BCUT2D eigenvalue weighted by molar-refractivity contribution is 7.85. The normalized spacial score (nSPS) is 14.9. The van der Waals surface area contributed by atoms with Crippen LogP contribution < -0.4 is 5.32 Å². The van der Waals surface area contributed by atoms with E-state index in [-0.39, 0.29) is 5.91 Å². The van der Waals surface area contributed by atoms with Crippen LogP contribution in [0, 0.1) is 10.7 Å². The summed E-state index contributed by atoms with van der Waals surface area (Å²) in [7, 11) is 0. The molecule has 0 aromatic heterocycles. The van der Waals surface area contributed by atoms with Crippen molar-refractivity contribution in [2.75, 3.05) is 6.54 Å². The third-order valence-electron chi connectivity index (χ3n) is 0.903. The molecule has 1 aliphatic rings. The highest BCUT2D eigenvalue weighted by atomic mass is 32.1. The molecule has 1 aliphatic heterocycles. The molecule has 4 heteroatoms. The molecule has 0 spiro atoms. The summed E-state index contributed by atoms with van der Waals surface area (Å²) in [6.45, 7) is 0.888. The maximum atomic E-state index is 10.1. The van der Waals surface area contributed by atoms with Crippen LogP contribution in [0.5, 0.6) is 0 Å². The Morgan fingerprint density at radius 3 is 2.44 bits per heavy atom. The minimum absolute atomic E-state index is 0.204. The molecule has 0 aromatic carbocycles. The first kappa shape index (κ1) is 8.31. The monoisotopic (exact) mass is 144 g/mol. The largest absolute Gasteiger partial charge is 0.356 e. The van der Waals surface area contributed by atoms with Crippen LogP contribution in [0.3, 0.4) is 0 Å². The maximum absolute atomic E-state index is 10.1. The van der Waals surface area contributed by atoms with Gasteiger partial charge >= 0.3 is 0 Å². The second kappa shape index (κ2) is 5.45. The third-order valence-corrected chi connectivity index (χ3v) is 0.903. The number of nitriles is 1. The first-order valence-corrected chi connectivity index (χ1v) is 3.06. The maximum Gasteiger partial charge on any atom is 0.220 e. The summed E-state index contributed by atoms with van der Waals surface area (Å²) in [4.78, 5) is 10.1. The van der Waals surface area contributed by atoms with Crippen LogP contribution in [0.1, 0.15) is 12.8 Å². The number of rotatable bonds is 0. The molecule has 0 unspecified atom stereocenters. The van der Waals surface area contributed by atoms with Crippen LogP contribution >= 0.6 is 12.6 Å². The van der Waals surface area contributed by atoms with Gasteiger partial charge in [-0.15, -0.1) is 0 Å². The van der Waals surface area contributed by atoms with E-state index in [1.165, 1.54) is 5.40 Å². The molecular formula is C5H8N2OS. The molecule has 0 aromatic rings. The van der Waals surface area contributed by atoms with E-state index in [1.54, 1.807) is 0 Å². The molecule has 1 heterocycles. The predicted molar refractivity (Wildman–Crippen MR) is 36.8 cm³/mol. The lowest BCUT2D eigenvalue weighted by Gasteiger charge is -1.80. The predicted octanol–water partition coefficient (Wildman–Crippen LogP) is 0.294. The fourth-order valence-corrected chi connectivity index (χ4v) is 0.565. The van der Waals surface area contributed by atoms with E-state index in [1.807, 2.05) is 0 Å². The number of amides is 1. The van der Waals surface area contributed by atoms with Gasteiger partial charge in [0.2, 0.25) is 5.91 Å². The first-order valence-electron chi connectivity index (χ1n) is 2.61.